The molecule has 0 saturated carbocycles. The number of rotatable bonds is 6. The average Bonchev–Trinajstić information content (AvgIpc) is 2.34. The number of aliphatic carboxylic acids is 1. The lowest BCUT2D eigenvalue weighted by molar-refractivity contribution is -0.132. The highest BCUT2D eigenvalue weighted by atomic mass is 32.2. The van der Waals surface area contributed by atoms with E-state index in [2.05, 4.69) is 38.1 Å². The number of hydrogen-bond donors (Lipinski definition) is 1. The van der Waals surface area contributed by atoms with Crippen molar-refractivity contribution >= 4 is 17.7 Å². The predicted molar refractivity (Wildman–Crippen MR) is 77.3 cm³/mol. The summed E-state index contributed by atoms with van der Waals surface area (Å²) in [5, 5.41) is 8.89. The second kappa shape index (κ2) is 7.27. The number of thioether (sulfide) groups is 1. The van der Waals surface area contributed by atoms with Gasteiger partial charge in [-0.3, -0.25) is 0 Å². The minimum atomic E-state index is -0.812. The summed E-state index contributed by atoms with van der Waals surface area (Å²) in [6.45, 7) is 6.21. The van der Waals surface area contributed by atoms with Crippen LogP contribution < -0.4 is 0 Å². The van der Waals surface area contributed by atoms with E-state index in [1.165, 1.54) is 10.5 Å². The number of carboxylic acid groups (broad SMARTS) is 1. The molecule has 3 heteroatoms. The van der Waals surface area contributed by atoms with Crippen LogP contribution in [-0.2, 0) is 4.79 Å². The Bertz CT molecular complexity index is 419. The van der Waals surface area contributed by atoms with Gasteiger partial charge in [0.15, 0.2) is 0 Å². The molecule has 1 N–H and O–H groups in total. The van der Waals surface area contributed by atoms with E-state index < -0.39 is 5.97 Å². The van der Waals surface area contributed by atoms with Gasteiger partial charge in [-0.05, 0) is 30.0 Å². The molecule has 1 aromatic carbocycles. The molecule has 0 aliphatic heterocycles. The van der Waals surface area contributed by atoms with Crippen molar-refractivity contribution in [2.75, 3.05) is 5.75 Å². The molecule has 0 atom stereocenters. The van der Waals surface area contributed by atoms with Gasteiger partial charge in [0.25, 0.3) is 0 Å². The molecule has 2 nitrogen and oxygen atoms in total. The lowest BCUT2D eigenvalue weighted by atomic mass is 10.0. The Balaban J connectivity index is 2.56. The van der Waals surface area contributed by atoms with E-state index in [0.29, 0.717) is 23.7 Å². The van der Waals surface area contributed by atoms with Crippen LogP contribution in [0.2, 0.25) is 0 Å². The van der Waals surface area contributed by atoms with Crippen LogP contribution in [0.5, 0.6) is 0 Å². The van der Waals surface area contributed by atoms with Crippen molar-refractivity contribution in [3.63, 3.8) is 0 Å². The van der Waals surface area contributed by atoms with Gasteiger partial charge < -0.3 is 5.11 Å². The van der Waals surface area contributed by atoms with Crippen LogP contribution in [0.1, 0.15) is 38.7 Å². The molecule has 0 spiro atoms. The number of benzene rings is 1. The third kappa shape index (κ3) is 4.57. The molecule has 0 aliphatic rings. The molecular formula is C15H20O2S. The number of carbonyl (C=O) groups is 1. The molecule has 1 aromatic rings. The first kappa shape index (κ1) is 14.8. The van der Waals surface area contributed by atoms with Gasteiger partial charge in [0.05, 0.1) is 0 Å². The maximum absolute atomic E-state index is 10.8. The van der Waals surface area contributed by atoms with E-state index in [1.54, 1.807) is 17.8 Å². The Morgan fingerprint density at radius 1 is 1.33 bits per heavy atom. The maximum Gasteiger partial charge on any atom is 0.331 e. The van der Waals surface area contributed by atoms with Gasteiger partial charge >= 0.3 is 5.97 Å². The highest BCUT2D eigenvalue weighted by Crippen LogP contribution is 2.22. The fourth-order valence-corrected chi connectivity index (χ4v) is 2.38. The SMILES string of the molecule is CCC(=CCSc1ccc(C(C)C)cc1)C(=O)O. The molecule has 98 valence electrons. The molecule has 1 rings (SSSR count). The second-order valence-electron chi connectivity index (χ2n) is 4.42. The summed E-state index contributed by atoms with van der Waals surface area (Å²) >= 11 is 1.66. The summed E-state index contributed by atoms with van der Waals surface area (Å²) in [4.78, 5) is 12.0. The topological polar surface area (TPSA) is 37.3 Å². The lowest BCUT2D eigenvalue weighted by Gasteiger charge is -2.06. The van der Waals surface area contributed by atoms with Gasteiger partial charge in [0, 0.05) is 16.2 Å². The van der Waals surface area contributed by atoms with Crippen LogP contribution in [0.3, 0.4) is 0 Å². The van der Waals surface area contributed by atoms with E-state index in [9.17, 15) is 4.79 Å². The third-order valence-corrected chi connectivity index (χ3v) is 3.72. The zero-order chi connectivity index (χ0) is 13.5. The van der Waals surface area contributed by atoms with Crippen molar-refractivity contribution < 1.29 is 9.90 Å². The summed E-state index contributed by atoms with van der Waals surface area (Å²) in [5.41, 5.74) is 1.82. The van der Waals surface area contributed by atoms with Crippen LogP contribution in [0, 0.1) is 0 Å². The van der Waals surface area contributed by atoms with E-state index in [1.807, 2.05) is 6.92 Å². The van der Waals surface area contributed by atoms with Gasteiger partial charge in [0.2, 0.25) is 0 Å². The first-order valence-electron chi connectivity index (χ1n) is 6.19. The molecule has 0 aromatic heterocycles. The molecule has 0 amide bonds. The van der Waals surface area contributed by atoms with E-state index >= 15 is 0 Å². The molecule has 18 heavy (non-hydrogen) atoms. The first-order chi connectivity index (χ1) is 8.54. The minimum Gasteiger partial charge on any atom is -0.478 e. The van der Waals surface area contributed by atoms with Crippen LogP contribution in [0.4, 0.5) is 0 Å². The summed E-state index contributed by atoms with van der Waals surface area (Å²) < 4.78 is 0. The van der Waals surface area contributed by atoms with Crippen LogP contribution in [-0.4, -0.2) is 16.8 Å². The van der Waals surface area contributed by atoms with Crippen molar-refractivity contribution in [3.05, 3.63) is 41.5 Å². The average molecular weight is 264 g/mol. The number of carboxylic acids is 1. The van der Waals surface area contributed by atoms with Crippen molar-refractivity contribution in [2.24, 2.45) is 0 Å². The highest BCUT2D eigenvalue weighted by Gasteiger charge is 2.03. The lowest BCUT2D eigenvalue weighted by Crippen LogP contribution is -1.99. The van der Waals surface area contributed by atoms with E-state index in [-0.39, 0.29) is 0 Å². The second-order valence-corrected chi connectivity index (χ2v) is 5.52. The third-order valence-electron chi connectivity index (χ3n) is 2.78. The zero-order valence-corrected chi connectivity index (χ0v) is 12.0. The summed E-state index contributed by atoms with van der Waals surface area (Å²) in [5.74, 6) is 0.437. The molecule has 0 bridgehead atoms. The highest BCUT2D eigenvalue weighted by molar-refractivity contribution is 7.99. The number of hydrogen-bond acceptors (Lipinski definition) is 2. The molecule has 0 fully saturated rings. The summed E-state index contributed by atoms with van der Waals surface area (Å²) in [7, 11) is 0. The Morgan fingerprint density at radius 3 is 2.39 bits per heavy atom. The first-order valence-corrected chi connectivity index (χ1v) is 7.18. The van der Waals surface area contributed by atoms with Crippen LogP contribution >= 0.6 is 11.8 Å². The van der Waals surface area contributed by atoms with Crippen molar-refractivity contribution in [1.29, 1.82) is 0 Å². The fraction of sp³-hybridized carbons (Fsp3) is 0.400. The summed E-state index contributed by atoms with van der Waals surface area (Å²) in [6, 6.07) is 8.46. The van der Waals surface area contributed by atoms with Gasteiger partial charge in [0.1, 0.15) is 0 Å². The smallest absolute Gasteiger partial charge is 0.331 e. The molecule has 0 unspecified atom stereocenters. The fourth-order valence-electron chi connectivity index (χ4n) is 1.57. The zero-order valence-electron chi connectivity index (χ0n) is 11.1. The van der Waals surface area contributed by atoms with E-state index in [4.69, 9.17) is 5.11 Å². The molecule has 0 aliphatic carbocycles. The summed E-state index contributed by atoms with van der Waals surface area (Å²) in [6.07, 6.45) is 2.37. The normalized spacial score (nSPS) is 11.9. The van der Waals surface area contributed by atoms with Crippen molar-refractivity contribution in [3.8, 4) is 0 Å². The minimum absolute atomic E-state index is 0.487. The van der Waals surface area contributed by atoms with Crippen molar-refractivity contribution in [2.45, 2.75) is 38.0 Å². The van der Waals surface area contributed by atoms with Gasteiger partial charge in [-0.2, -0.15) is 0 Å². The molecule has 0 heterocycles. The largest absolute Gasteiger partial charge is 0.478 e. The Kier molecular flexibility index (Phi) is 5.99. The van der Waals surface area contributed by atoms with Crippen molar-refractivity contribution in [1.82, 2.24) is 0 Å². The van der Waals surface area contributed by atoms with Gasteiger partial charge in [-0.15, -0.1) is 11.8 Å². The molecular weight excluding hydrogens is 244 g/mol. The Hall–Kier alpha value is -1.22. The Labute approximate surface area is 113 Å². The quantitative estimate of drug-likeness (QED) is 0.614. The van der Waals surface area contributed by atoms with Gasteiger partial charge in [-0.1, -0.05) is 39.0 Å². The van der Waals surface area contributed by atoms with Gasteiger partial charge in [-0.25, -0.2) is 4.79 Å². The van der Waals surface area contributed by atoms with E-state index in [0.717, 1.165) is 0 Å². The standard InChI is InChI=1S/C15H20O2S/c1-4-12(15(16)17)9-10-18-14-7-5-13(6-8-14)11(2)3/h5-9,11H,4,10H2,1-3H3,(H,16,17). The molecule has 0 saturated heterocycles. The molecule has 0 radical (unpaired) electrons. The monoisotopic (exact) mass is 264 g/mol. The maximum atomic E-state index is 10.8. The Morgan fingerprint density at radius 2 is 1.94 bits per heavy atom. The predicted octanol–water partition coefficient (Wildman–Crippen LogP) is 4.32. The van der Waals surface area contributed by atoms with Crippen LogP contribution in [0.25, 0.3) is 0 Å². The van der Waals surface area contributed by atoms with Crippen LogP contribution in [0.15, 0.2) is 40.8 Å².